The van der Waals surface area contributed by atoms with Gasteiger partial charge in [-0.25, -0.2) is 0 Å². The fourth-order valence-corrected chi connectivity index (χ4v) is 3.11. The first-order valence-electron chi connectivity index (χ1n) is 6.15. The maximum Gasteiger partial charge on any atom is 0.122 e. The van der Waals surface area contributed by atoms with Gasteiger partial charge in [0.25, 0.3) is 0 Å². The molecule has 0 aliphatic heterocycles. The summed E-state index contributed by atoms with van der Waals surface area (Å²) >= 11 is 10.4. The number of hydrogen-bond acceptors (Lipinski definition) is 2. The Morgan fingerprint density at radius 2 is 2.06 bits per heavy atom. The number of benzene rings is 1. The lowest BCUT2D eigenvalue weighted by atomic mass is 9.90. The van der Waals surface area contributed by atoms with Crippen LogP contribution in [0.2, 0.25) is 5.02 Å². The van der Waals surface area contributed by atoms with Crippen molar-refractivity contribution in [1.29, 1.82) is 0 Å². The summed E-state index contributed by atoms with van der Waals surface area (Å²) in [6.45, 7) is 2.81. The third-order valence-electron chi connectivity index (χ3n) is 3.67. The van der Waals surface area contributed by atoms with Crippen LogP contribution in [-0.4, -0.2) is 12.4 Å². The molecule has 0 radical (unpaired) electrons. The van der Waals surface area contributed by atoms with Crippen LogP contribution in [0.15, 0.2) is 18.2 Å². The molecule has 2 rings (SSSR count). The molecular weight excluding hydrogens is 252 g/mol. The van der Waals surface area contributed by atoms with Gasteiger partial charge in [0.2, 0.25) is 0 Å². The predicted octanol–water partition coefficient (Wildman–Crippen LogP) is 4.52. The van der Waals surface area contributed by atoms with Gasteiger partial charge in [-0.3, -0.25) is 0 Å². The van der Waals surface area contributed by atoms with Crippen molar-refractivity contribution in [3.63, 3.8) is 0 Å². The van der Waals surface area contributed by atoms with Crippen molar-refractivity contribution in [2.45, 2.75) is 32.6 Å². The maximum absolute atomic E-state index is 5.96. The normalized spacial score (nSPS) is 18.3. The summed E-state index contributed by atoms with van der Waals surface area (Å²) in [4.78, 5) is 0. The van der Waals surface area contributed by atoms with Gasteiger partial charge in [0.1, 0.15) is 5.75 Å². The average Bonchev–Trinajstić information content (AvgIpc) is 2.77. The second-order valence-electron chi connectivity index (χ2n) is 5.06. The van der Waals surface area contributed by atoms with Crippen LogP contribution in [0.3, 0.4) is 0 Å². The molecule has 1 saturated carbocycles. The second-order valence-corrected chi connectivity index (χ2v) is 5.82. The Kier molecular flexibility index (Phi) is 4.26. The molecule has 1 aliphatic carbocycles. The average molecular weight is 271 g/mol. The van der Waals surface area contributed by atoms with E-state index < -0.39 is 0 Å². The lowest BCUT2D eigenvalue weighted by Crippen LogP contribution is -2.27. The molecule has 0 aromatic heterocycles. The van der Waals surface area contributed by atoms with E-state index in [1.54, 1.807) is 0 Å². The Bertz CT molecular complexity index is 386. The molecule has 0 spiro atoms. The van der Waals surface area contributed by atoms with Crippen LogP contribution in [0.4, 0.5) is 0 Å². The molecule has 1 fully saturated rings. The van der Waals surface area contributed by atoms with Crippen molar-refractivity contribution >= 4 is 24.2 Å². The largest absolute Gasteiger partial charge is 0.493 e. The van der Waals surface area contributed by atoms with Gasteiger partial charge in [-0.15, -0.1) is 0 Å². The van der Waals surface area contributed by atoms with Crippen LogP contribution in [-0.2, 0) is 0 Å². The molecular formula is C14H19ClOS. The van der Waals surface area contributed by atoms with Gasteiger partial charge in [-0.1, -0.05) is 24.4 Å². The Balaban J connectivity index is 2.01. The maximum atomic E-state index is 5.96. The zero-order valence-electron chi connectivity index (χ0n) is 10.2. The number of aryl methyl sites for hydroxylation is 1. The molecule has 3 heteroatoms. The second kappa shape index (κ2) is 5.53. The summed E-state index contributed by atoms with van der Waals surface area (Å²) in [5, 5.41) is 0.764. The molecule has 94 valence electrons. The summed E-state index contributed by atoms with van der Waals surface area (Å²) in [7, 11) is 0. The highest BCUT2D eigenvalue weighted by Crippen LogP contribution is 2.39. The molecule has 0 heterocycles. The topological polar surface area (TPSA) is 9.23 Å². The van der Waals surface area contributed by atoms with Gasteiger partial charge < -0.3 is 4.74 Å². The molecule has 0 bridgehead atoms. The van der Waals surface area contributed by atoms with E-state index in [1.165, 1.54) is 25.7 Å². The minimum atomic E-state index is 0.287. The van der Waals surface area contributed by atoms with Crippen molar-refractivity contribution < 1.29 is 4.74 Å². The van der Waals surface area contributed by atoms with Crippen LogP contribution in [0, 0.1) is 12.3 Å². The summed E-state index contributed by atoms with van der Waals surface area (Å²) < 4.78 is 5.96. The molecule has 1 aliphatic rings. The Morgan fingerprint density at radius 3 is 2.65 bits per heavy atom. The smallest absolute Gasteiger partial charge is 0.122 e. The highest BCUT2D eigenvalue weighted by Gasteiger charge is 2.33. The van der Waals surface area contributed by atoms with Crippen molar-refractivity contribution in [2.75, 3.05) is 12.4 Å². The highest BCUT2D eigenvalue weighted by atomic mass is 35.5. The number of halogens is 1. The van der Waals surface area contributed by atoms with Crippen molar-refractivity contribution in [3.8, 4) is 5.75 Å². The molecule has 0 N–H and O–H groups in total. The van der Waals surface area contributed by atoms with Gasteiger partial charge in [-0.2, -0.15) is 12.6 Å². The van der Waals surface area contributed by atoms with Gasteiger partial charge in [0, 0.05) is 10.4 Å². The SMILES string of the molecule is Cc1cc(Cl)ccc1OCC1(CS)CCCC1. The quantitative estimate of drug-likeness (QED) is 0.792. The molecule has 1 aromatic rings. The first kappa shape index (κ1) is 13.1. The molecule has 17 heavy (non-hydrogen) atoms. The van der Waals surface area contributed by atoms with Gasteiger partial charge in [0.05, 0.1) is 6.61 Å². The van der Waals surface area contributed by atoms with E-state index in [9.17, 15) is 0 Å². The van der Waals surface area contributed by atoms with Gasteiger partial charge in [0.15, 0.2) is 0 Å². The van der Waals surface area contributed by atoms with Crippen LogP contribution in [0.1, 0.15) is 31.2 Å². The van der Waals surface area contributed by atoms with Gasteiger partial charge >= 0.3 is 0 Å². The third kappa shape index (κ3) is 3.11. The number of ether oxygens (including phenoxy) is 1. The summed E-state index contributed by atoms with van der Waals surface area (Å²) in [5.41, 5.74) is 1.39. The molecule has 0 unspecified atom stereocenters. The van der Waals surface area contributed by atoms with Crippen molar-refractivity contribution in [3.05, 3.63) is 28.8 Å². The minimum Gasteiger partial charge on any atom is -0.493 e. The zero-order valence-corrected chi connectivity index (χ0v) is 11.9. The van der Waals surface area contributed by atoms with Crippen LogP contribution in [0.5, 0.6) is 5.75 Å². The van der Waals surface area contributed by atoms with E-state index in [0.717, 1.165) is 28.7 Å². The minimum absolute atomic E-state index is 0.287. The number of rotatable bonds is 4. The molecule has 1 aromatic carbocycles. The summed E-state index contributed by atoms with van der Waals surface area (Å²) in [5.74, 6) is 1.86. The zero-order chi connectivity index (χ0) is 12.3. The summed E-state index contributed by atoms with van der Waals surface area (Å²) in [6.07, 6.45) is 5.10. The fraction of sp³-hybridized carbons (Fsp3) is 0.571. The van der Waals surface area contributed by atoms with E-state index in [0.29, 0.717) is 0 Å². The van der Waals surface area contributed by atoms with E-state index in [-0.39, 0.29) is 5.41 Å². The lowest BCUT2D eigenvalue weighted by Gasteiger charge is -2.27. The first-order valence-corrected chi connectivity index (χ1v) is 7.16. The van der Waals surface area contributed by atoms with Crippen LogP contribution < -0.4 is 4.74 Å². The number of thiol groups is 1. The lowest BCUT2D eigenvalue weighted by molar-refractivity contribution is 0.172. The van der Waals surface area contributed by atoms with E-state index in [2.05, 4.69) is 12.6 Å². The standard InChI is InChI=1S/C14H19ClOS/c1-11-8-12(15)4-5-13(11)16-9-14(10-17)6-2-3-7-14/h4-5,8,17H,2-3,6-7,9-10H2,1H3. The van der Waals surface area contributed by atoms with Crippen LogP contribution in [0.25, 0.3) is 0 Å². The van der Waals surface area contributed by atoms with E-state index in [1.807, 2.05) is 25.1 Å². The Morgan fingerprint density at radius 1 is 1.35 bits per heavy atom. The number of hydrogen-bond donors (Lipinski definition) is 1. The molecule has 1 nitrogen and oxygen atoms in total. The van der Waals surface area contributed by atoms with Crippen molar-refractivity contribution in [1.82, 2.24) is 0 Å². The predicted molar refractivity (Wildman–Crippen MR) is 76.4 cm³/mol. The fourth-order valence-electron chi connectivity index (χ4n) is 2.48. The van der Waals surface area contributed by atoms with Crippen molar-refractivity contribution in [2.24, 2.45) is 5.41 Å². The monoisotopic (exact) mass is 270 g/mol. The molecule has 0 atom stereocenters. The highest BCUT2D eigenvalue weighted by molar-refractivity contribution is 7.80. The Hall–Kier alpha value is -0.340. The summed E-state index contributed by atoms with van der Waals surface area (Å²) in [6, 6.07) is 5.78. The molecule has 0 amide bonds. The third-order valence-corrected chi connectivity index (χ3v) is 4.58. The van der Waals surface area contributed by atoms with E-state index in [4.69, 9.17) is 16.3 Å². The molecule has 0 saturated heterocycles. The van der Waals surface area contributed by atoms with Gasteiger partial charge in [-0.05, 0) is 49.3 Å². The Labute approximate surface area is 114 Å². The van der Waals surface area contributed by atoms with E-state index >= 15 is 0 Å². The first-order chi connectivity index (χ1) is 8.15. The van der Waals surface area contributed by atoms with Crippen LogP contribution >= 0.6 is 24.2 Å².